The van der Waals surface area contributed by atoms with E-state index in [2.05, 4.69) is 0 Å². The summed E-state index contributed by atoms with van der Waals surface area (Å²) in [4.78, 5) is -0.0748. The lowest BCUT2D eigenvalue weighted by Crippen LogP contribution is -1.99. The molecule has 0 saturated heterocycles. The van der Waals surface area contributed by atoms with Crippen molar-refractivity contribution < 1.29 is 13.2 Å². The highest BCUT2D eigenvalue weighted by Gasteiger charge is 2.21. The van der Waals surface area contributed by atoms with Gasteiger partial charge in [-0.15, -0.1) is 0 Å². The third-order valence-electron chi connectivity index (χ3n) is 1.71. The second-order valence-electron chi connectivity index (χ2n) is 2.66. The number of halogens is 2. The minimum absolute atomic E-state index is 0.0748. The molecule has 1 rings (SSSR count). The monoisotopic (exact) mass is 254 g/mol. The van der Waals surface area contributed by atoms with Crippen molar-refractivity contribution in [3.05, 3.63) is 22.7 Å². The molecule has 0 atom stereocenters. The minimum Gasteiger partial charge on any atom is -0.494 e. The van der Waals surface area contributed by atoms with E-state index in [9.17, 15) is 8.42 Å². The molecule has 14 heavy (non-hydrogen) atoms. The number of rotatable bonds is 2. The molecule has 0 N–H and O–H groups in total. The molecule has 0 saturated carbocycles. The van der Waals surface area contributed by atoms with Gasteiger partial charge in [-0.2, -0.15) is 0 Å². The van der Waals surface area contributed by atoms with Crippen molar-refractivity contribution in [1.29, 1.82) is 0 Å². The molecule has 0 heterocycles. The molecule has 0 aliphatic rings. The van der Waals surface area contributed by atoms with Crippen molar-refractivity contribution >= 4 is 31.3 Å². The fraction of sp³-hybridized carbons (Fsp3) is 0.250. The Bertz CT molecular complexity index is 454. The topological polar surface area (TPSA) is 43.4 Å². The predicted octanol–water partition coefficient (Wildman–Crippen LogP) is 2.58. The zero-order chi connectivity index (χ0) is 10.9. The van der Waals surface area contributed by atoms with Crippen LogP contribution in [0, 0.1) is 6.92 Å². The van der Waals surface area contributed by atoms with Gasteiger partial charge in [0.15, 0.2) is 5.75 Å². The summed E-state index contributed by atoms with van der Waals surface area (Å²) in [5.74, 6) is 0.0849. The molecule has 0 bridgehead atoms. The van der Waals surface area contributed by atoms with Gasteiger partial charge in [0.1, 0.15) is 4.90 Å². The first kappa shape index (κ1) is 11.6. The molecule has 0 unspecified atom stereocenters. The average molecular weight is 255 g/mol. The van der Waals surface area contributed by atoms with Crippen LogP contribution in [-0.4, -0.2) is 15.5 Å². The third-order valence-corrected chi connectivity index (χ3v) is 3.46. The lowest BCUT2D eigenvalue weighted by Gasteiger charge is -2.09. The van der Waals surface area contributed by atoms with E-state index in [0.29, 0.717) is 5.56 Å². The van der Waals surface area contributed by atoms with Gasteiger partial charge in [0.05, 0.1) is 12.1 Å². The number of benzene rings is 1. The van der Waals surface area contributed by atoms with Gasteiger partial charge < -0.3 is 4.74 Å². The largest absolute Gasteiger partial charge is 0.494 e. The normalized spacial score (nSPS) is 11.4. The average Bonchev–Trinajstić information content (AvgIpc) is 2.06. The van der Waals surface area contributed by atoms with Gasteiger partial charge in [-0.1, -0.05) is 17.7 Å². The minimum atomic E-state index is -3.84. The van der Waals surface area contributed by atoms with Crippen molar-refractivity contribution in [3.63, 3.8) is 0 Å². The summed E-state index contributed by atoms with van der Waals surface area (Å²) >= 11 is 5.76. The lowest BCUT2D eigenvalue weighted by atomic mass is 10.2. The van der Waals surface area contributed by atoms with Gasteiger partial charge in [0, 0.05) is 10.7 Å². The van der Waals surface area contributed by atoms with E-state index >= 15 is 0 Å². The van der Waals surface area contributed by atoms with E-state index < -0.39 is 9.05 Å². The Morgan fingerprint density at radius 3 is 2.29 bits per heavy atom. The Balaban J connectivity index is 3.63. The van der Waals surface area contributed by atoms with E-state index in [1.807, 2.05) is 0 Å². The second-order valence-corrected chi connectivity index (χ2v) is 5.57. The van der Waals surface area contributed by atoms with Crippen LogP contribution >= 0.6 is 22.3 Å². The Labute approximate surface area is 92.0 Å². The van der Waals surface area contributed by atoms with Crippen molar-refractivity contribution in [1.82, 2.24) is 0 Å². The molecule has 0 aromatic heterocycles. The van der Waals surface area contributed by atoms with E-state index in [4.69, 9.17) is 27.0 Å². The maximum absolute atomic E-state index is 11.2. The van der Waals surface area contributed by atoms with Gasteiger partial charge >= 0.3 is 0 Å². The van der Waals surface area contributed by atoms with Crippen LogP contribution in [0.15, 0.2) is 17.0 Å². The summed E-state index contributed by atoms with van der Waals surface area (Å²) in [6, 6.07) is 3.13. The van der Waals surface area contributed by atoms with Crippen LogP contribution < -0.4 is 4.74 Å². The quantitative estimate of drug-likeness (QED) is 0.763. The van der Waals surface area contributed by atoms with Crippen LogP contribution in [0.4, 0.5) is 0 Å². The second kappa shape index (κ2) is 3.96. The van der Waals surface area contributed by atoms with E-state index in [0.717, 1.165) is 0 Å². The SMILES string of the molecule is COc1c(Cl)ccc(C)c1S(=O)(=O)Cl. The van der Waals surface area contributed by atoms with Crippen molar-refractivity contribution in [2.75, 3.05) is 7.11 Å². The highest BCUT2D eigenvalue weighted by Crippen LogP contribution is 2.36. The third kappa shape index (κ3) is 2.13. The van der Waals surface area contributed by atoms with Crippen LogP contribution in [-0.2, 0) is 9.05 Å². The van der Waals surface area contributed by atoms with E-state index in [-0.39, 0.29) is 15.7 Å². The zero-order valence-electron chi connectivity index (χ0n) is 7.54. The molecule has 0 aliphatic heterocycles. The molecular formula is C8H8Cl2O3S. The summed E-state index contributed by atoms with van der Waals surface area (Å²) < 4.78 is 27.3. The molecule has 6 heteroatoms. The number of hydrogen-bond donors (Lipinski definition) is 0. The molecule has 0 aliphatic carbocycles. The lowest BCUT2D eigenvalue weighted by molar-refractivity contribution is 0.402. The molecule has 0 fully saturated rings. The number of hydrogen-bond acceptors (Lipinski definition) is 3. The molecule has 0 amide bonds. The fourth-order valence-corrected chi connectivity index (χ4v) is 2.86. The Morgan fingerprint density at radius 1 is 1.36 bits per heavy atom. The Kier molecular flexibility index (Phi) is 3.29. The predicted molar refractivity (Wildman–Crippen MR) is 55.8 cm³/mol. The highest BCUT2D eigenvalue weighted by atomic mass is 35.7. The van der Waals surface area contributed by atoms with E-state index in [1.165, 1.54) is 7.11 Å². The number of aryl methyl sites for hydroxylation is 1. The summed E-state index contributed by atoms with van der Waals surface area (Å²) in [5, 5.41) is 0.220. The molecule has 0 radical (unpaired) electrons. The Morgan fingerprint density at radius 2 is 1.93 bits per heavy atom. The van der Waals surface area contributed by atoms with Crippen molar-refractivity contribution in [2.45, 2.75) is 11.8 Å². The van der Waals surface area contributed by atoms with Crippen LogP contribution in [0.25, 0.3) is 0 Å². The van der Waals surface area contributed by atoms with Gasteiger partial charge in [-0.05, 0) is 18.6 Å². The van der Waals surface area contributed by atoms with Crippen molar-refractivity contribution in [3.8, 4) is 5.75 Å². The van der Waals surface area contributed by atoms with Gasteiger partial charge in [-0.25, -0.2) is 8.42 Å². The van der Waals surface area contributed by atoms with Gasteiger partial charge in [-0.3, -0.25) is 0 Å². The number of ether oxygens (including phenoxy) is 1. The maximum Gasteiger partial charge on any atom is 0.265 e. The fourth-order valence-electron chi connectivity index (χ4n) is 1.13. The standard InChI is InChI=1S/C8H8Cl2O3S/c1-5-3-4-6(9)7(13-2)8(5)14(10,11)12/h3-4H,1-2H3. The first-order chi connectivity index (χ1) is 6.38. The van der Waals surface area contributed by atoms with E-state index in [1.54, 1.807) is 19.1 Å². The number of methoxy groups -OCH3 is 1. The molecule has 1 aromatic carbocycles. The zero-order valence-corrected chi connectivity index (χ0v) is 9.87. The molecule has 0 spiro atoms. The molecule has 78 valence electrons. The van der Waals surface area contributed by atoms with Crippen LogP contribution in [0.1, 0.15) is 5.56 Å². The molecular weight excluding hydrogens is 247 g/mol. The first-order valence-corrected chi connectivity index (χ1v) is 6.34. The highest BCUT2D eigenvalue weighted by molar-refractivity contribution is 8.13. The molecule has 1 aromatic rings. The smallest absolute Gasteiger partial charge is 0.265 e. The van der Waals surface area contributed by atoms with Crippen LogP contribution in [0.3, 0.4) is 0 Å². The molecule has 3 nitrogen and oxygen atoms in total. The Hall–Kier alpha value is -0.450. The van der Waals surface area contributed by atoms with Crippen LogP contribution in [0.2, 0.25) is 5.02 Å². The maximum atomic E-state index is 11.2. The summed E-state index contributed by atoms with van der Waals surface area (Å²) in [7, 11) is 2.76. The van der Waals surface area contributed by atoms with Crippen molar-refractivity contribution in [2.24, 2.45) is 0 Å². The van der Waals surface area contributed by atoms with Crippen LogP contribution in [0.5, 0.6) is 5.75 Å². The van der Waals surface area contributed by atoms with Gasteiger partial charge in [0.2, 0.25) is 0 Å². The first-order valence-electron chi connectivity index (χ1n) is 3.65. The summed E-state index contributed by atoms with van der Waals surface area (Å²) in [6.45, 7) is 1.62. The summed E-state index contributed by atoms with van der Waals surface area (Å²) in [6.07, 6.45) is 0. The summed E-state index contributed by atoms with van der Waals surface area (Å²) in [5.41, 5.74) is 0.501. The van der Waals surface area contributed by atoms with Gasteiger partial charge in [0.25, 0.3) is 9.05 Å².